The zero-order valence-electron chi connectivity index (χ0n) is 9.33. The molecule has 15 heavy (non-hydrogen) atoms. The predicted octanol–water partition coefficient (Wildman–Crippen LogP) is 0.500. The summed E-state index contributed by atoms with van der Waals surface area (Å²) in [6, 6.07) is 0. The summed E-state index contributed by atoms with van der Waals surface area (Å²) < 4.78 is 5.48. The van der Waals surface area contributed by atoms with Crippen LogP contribution in [0.15, 0.2) is 11.0 Å². The van der Waals surface area contributed by atoms with Crippen LogP contribution in [0.1, 0.15) is 32.2 Å². The van der Waals surface area contributed by atoms with Gasteiger partial charge in [0.2, 0.25) is 0 Å². The number of aromatic amines is 1. The summed E-state index contributed by atoms with van der Waals surface area (Å²) in [6.45, 7) is 6.37. The first-order valence-corrected chi connectivity index (χ1v) is 4.94. The fourth-order valence-corrected chi connectivity index (χ4v) is 1.30. The van der Waals surface area contributed by atoms with E-state index in [1.54, 1.807) is 0 Å². The number of hydrogen-bond donors (Lipinski definition) is 2. The molecular weight excluding hydrogens is 194 g/mol. The quantitative estimate of drug-likeness (QED) is 0.760. The van der Waals surface area contributed by atoms with Crippen LogP contribution in [-0.2, 0) is 16.9 Å². The van der Waals surface area contributed by atoms with Crippen molar-refractivity contribution in [1.82, 2.24) is 9.97 Å². The van der Waals surface area contributed by atoms with Gasteiger partial charge in [0.15, 0.2) is 0 Å². The van der Waals surface area contributed by atoms with Crippen molar-refractivity contribution in [3.05, 3.63) is 27.9 Å². The van der Waals surface area contributed by atoms with E-state index in [0.717, 1.165) is 0 Å². The zero-order chi connectivity index (χ0) is 11.5. The molecule has 0 atom stereocenters. The highest BCUT2D eigenvalue weighted by molar-refractivity contribution is 5.08. The molecule has 3 N–H and O–H groups in total. The Morgan fingerprint density at radius 1 is 1.60 bits per heavy atom. The lowest BCUT2D eigenvalue weighted by molar-refractivity contribution is -0.0210. The second kappa shape index (κ2) is 4.55. The molecule has 0 bridgehead atoms. The first kappa shape index (κ1) is 11.9. The highest BCUT2D eigenvalue weighted by atomic mass is 16.5. The van der Waals surface area contributed by atoms with Crippen LogP contribution in [0, 0.1) is 0 Å². The van der Waals surface area contributed by atoms with E-state index in [1.165, 1.54) is 6.20 Å². The van der Waals surface area contributed by atoms with Crippen molar-refractivity contribution in [2.75, 3.05) is 6.61 Å². The van der Waals surface area contributed by atoms with E-state index in [9.17, 15) is 4.79 Å². The molecular formula is C10H17N3O2. The van der Waals surface area contributed by atoms with Gasteiger partial charge in [-0.3, -0.25) is 4.79 Å². The maximum Gasteiger partial charge on any atom is 0.255 e. The van der Waals surface area contributed by atoms with Gasteiger partial charge < -0.3 is 15.5 Å². The van der Waals surface area contributed by atoms with E-state index in [2.05, 4.69) is 9.97 Å². The molecule has 5 heteroatoms. The van der Waals surface area contributed by atoms with Crippen LogP contribution in [0.3, 0.4) is 0 Å². The van der Waals surface area contributed by atoms with Gasteiger partial charge in [0.25, 0.3) is 5.56 Å². The van der Waals surface area contributed by atoms with E-state index in [4.69, 9.17) is 10.5 Å². The maximum absolute atomic E-state index is 11.5. The molecule has 84 valence electrons. The number of H-pyrrole nitrogens is 1. The minimum absolute atomic E-state index is 0.192. The fourth-order valence-electron chi connectivity index (χ4n) is 1.30. The van der Waals surface area contributed by atoms with Gasteiger partial charge in [0, 0.05) is 24.9 Å². The monoisotopic (exact) mass is 211 g/mol. The van der Waals surface area contributed by atoms with Crippen molar-refractivity contribution in [2.24, 2.45) is 5.73 Å². The summed E-state index contributed by atoms with van der Waals surface area (Å²) in [4.78, 5) is 18.3. The van der Waals surface area contributed by atoms with Gasteiger partial charge >= 0.3 is 0 Å². The Kier molecular flexibility index (Phi) is 3.60. The van der Waals surface area contributed by atoms with Gasteiger partial charge in [-0.05, 0) is 20.8 Å². The molecule has 1 aromatic heterocycles. The van der Waals surface area contributed by atoms with E-state index in [0.29, 0.717) is 18.0 Å². The summed E-state index contributed by atoms with van der Waals surface area (Å²) >= 11 is 0. The standard InChI is InChI=1S/C10H17N3O2/c1-4-15-10(2,3)9-12-6-7(5-11)8(14)13-9/h6H,4-5,11H2,1-3H3,(H,12,13,14). The molecule has 5 nitrogen and oxygen atoms in total. The Hall–Kier alpha value is -1.20. The summed E-state index contributed by atoms with van der Waals surface area (Å²) in [5.41, 5.74) is 5.07. The third-order valence-corrected chi connectivity index (χ3v) is 2.17. The van der Waals surface area contributed by atoms with Crippen LogP contribution in [-0.4, -0.2) is 16.6 Å². The average molecular weight is 211 g/mol. The van der Waals surface area contributed by atoms with Crippen LogP contribution in [0.4, 0.5) is 0 Å². The number of nitrogens with zero attached hydrogens (tertiary/aromatic N) is 1. The Morgan fingerprint density at radius 3 is 2.73 bits per heavy atom. The van der Waals surface area contributed by atoms with Crippen LogP contribution < -0.4 is 11.3 Å². The SMILES string of the molecule is CCOC(C)(C)c1ncc(CN)c(=O)[nH]1. The van der Waals surface area contributed by atoms with Gasteiger partial charge in [-0.1, -0.05) is 0 Å². The molecule has 1 heterocycles. The van der Waals surface area contributed by atoms with Crippen LogP contribution in [0.25, 0.3) is 0 Å². The lowest BCUT2D eigenvalue weighted by Crippen LogP contribution is -2.29. The first-order chi connectivity index (χ1) is 7.01. The molecule has 0 aromatic carbocycles. The maximum atomic E-state index is 11.5. The molecule has 1 aromatic rings. The van der Waals surface area contributed by atoms with E-state index >= 15 is 0 Å². The van der Waals surface area contributed by atoms with Crippen molar-refractivity contribution >= 4 is 0 Å². The molecule has 1 rings (SSSR count). The molecule has 0 unspecified atom stereocenters. The molecule has 0 saturated heterocycles. The highest BCUT2D eigenvalue weighted by Crippen LogP contribution is 2.19. The number of nitrogens with two attached hydrogens (primary N) is 1. The Bertz CT molecular complexity index is 384. The topological polar surface area (TPSA) is 81.0 Å². The summed E-state index contributed by atoms with van der Waals surface area (Å²) in [5, 5.41) is 0. The molecule has 0 spiro atoms. The lowest BCUT2D eigenvalue weighted by atomic mass is 10.1. The summed E-state index contributed by atoms with van der Waals surface area (Å²) in [6.07, 6.45) is 1.49. The third kappa shape index (κ3) is 2.64. The number of rotatable bonds is 4. The molecule has 0 aliphatic heterocycles. The van der Waals surface area contributed by atoms with Crippen LogP contribution >= 0.6 is 0 Å². The largest absolute Gasteiger partial charge is 0.368 e. The molecule has 0 saturated carbocycles. The number of ether oxygens (including phenoxy) is 1. The van der Waals surface area contributed by atoms with Crippen molar-refractivity contribution < 1.29 is 4.74 Å². The van der Waals surface area contributed by atoms with Gasteiger partial charge in [-0.2, -0.15) is 0 Å². The average Bonchev–Trinajstić information content (AvgIpc) is 2.17. The Balaban J connectivity index is 3.07. The second-order valence-corrected chi connectivity index (χ2v) is 3.73. The van der Waals surface area contributed by atoms with E-state index < -0.39 is 5.60 Å². The number of nitrogens with one attached hydrogen (secondary N) is 1. The molecule has 0 amide bonds. The predicted molar refractivity (Wildman–Crippen MR) is 57.4 cm³/mol. The lowest BCUT2D eigenvalue weighted by Gasteiger charge is -2.23. The van der Waals surface area contributed by atoms with Crippen LogP contribution in [0.2, 0.25) is 0 Å². The molecule has 0 aliphatic rings. The smallest absolute Gasteiger partial charge is 0.255 e. The summed E-state index contributed by atoms with van der Waals surface area (Å²) in [5.74, 6) is 0.520. The molecule has 0 fully saturated rings. The zero-order valence-corrected chi connectivity index (χ0v) is 9.33. The highest BCUT2D eigenvalue weighted by Gasteiger charge is 2.23. The van der Waals surface area contributed by atoms with Gasteiger partial charge in [0.05, 0.1) is 0 Å². The van der Waals surface area contributed by atoms with Crippen LogP contribution in [0.5, 0.6) is 0 Å². The number of hydrogen-bond acceptors (Lipinski definition) is 4. The van der Waals surface area contributed by atoms with Crippen molar-refractivity contribution in [3.8, 4) is 0 Å². The molecule has 0 radical (unpaired) electrons. The minimum Gasteiger partial charge on any atom is -0.368 e. The normalized spacial score (nSPS) is 11.7. The fraction of sp³-hybridized carbons (Fsp3) is 0.600. The van der Waals surface area contributed by atoms with Gasteiger partial charge in [0.1, 0.15) is 11.4 Å². The van der Waals surface area contributed by atoms with E-state index in [-0.39, 0.29) is 12.1 Å². The van der Waals surface area contributed by atoms with Gasteiger partial charge in [-0.15, -0.1) is 0 Å². The Morgan fingerprint density at radius 2 is 2.27 bits per heavy atom. The Labute approximate surface area is 88.7 Å². The van der Waals surface area contributed by atoms with Crippen molar-refractivity contribution in [3.63, 3.8) is 0 Å². The molecule has 0 aliphatic carbocycles. The first-order valence-electron chi connectivity index (χ1n) is 4.94. The minimum atomic E-state index is -0.582. The number of aromatic nitrogens is 2. The van der Waals surface area contributed by atoms with Crippen molar-refractivity contribution in [2.45, 2.75) is 32.9 Å². The summed E-state index contributed by atoms with van der Waals surface area (Å²) in [7, 11) is 0. The second-order valence-electron chi connectivity index (χ2n) is 3.73. The van der Waals surface area contributed by atoms with E-state index in [1.807, 2.05) is 20.8 Å². The third-order valence-electron chi connectivity index (χ3n) is 2.17. The van der Waals surface area contributed by atoms with Gasteiger partial charge in [-0.25, -0.2) is 4.98 Å². The van der Waals surface area contributed by atoms with Crippen molar-refractivity contribution in [1.29, 1.82) is 0 Å².